The standard InChI is InChI=1S/C24H33N5O2/c1-27-18(5-6-24-10-15-7-16(11-24)9-17(8-15)12-24)13-29-14-19(22(25)30)28-21(29)4-2-3-20(29)23(26)31/h2-4,14-18,27H,5-13H2,1H3,(H3-,25,26,30,31)/p+1. The van der Waals surface area contributed by atoms with E-state index < -0.39 is 11.8 Å². The average Bonchev–Trinajstić information content (AvgIpc) is 3.09. The second-order valence-electron chi connectivity index (χ2n) is 10.6. The molecule has 4 fully saturated rings. The molecule has 2 heterocycles. The van der Waals surface area contributed by atoms with Gasteiger partial charge in [0.1, 0.15) is 12.7 Å². The van der Waals surface area contributed by atoms with Crippen LogP contribution in [-0.4, -0.2) is 41.8 Å². The van der Waals surface area contributed by atoms with Crippen molar-refractivity contribution in [1.29, 1.82) is 0 Å². The van der Waals surface area contributed by atoms with E-state index in [1.165, 1.54) is 44.9 Å². The number of fused-ring (bicyclic) bond motifs is 1. The Morgan fingerprint density at radius 2 is 1.81 bits per heavy atom. The fourth-order valence-electron chi connectivity index (χ4n) is 7.63. The van der Waals surface area contributed by atoms with Crippen molar-refractivity contribution in [2.45, 2.75) is 57.4 Å². The normalized spacial score (nSPS) is 38.4. The third-order valence-electron chi connectivity index (χ3n) is 8.53. The van der Waals surface area contributed by atoms with Crippen molar-refractivity contribution < 1.29 is 14.1 Å². The second kappa shape index (κ2) is 7.41. The summed E-state index contributed by atoms with van der Waals surface area (Å²) in [5, 5.41) is 3.47. The third kappa shape index (κ3) is 3.48. The number of nitrogens with one attached hydrogen (secondary N) is 1. The van der Waals surface area contributed by atoms with Crippen LogP contribution in [0.4, 0.5) is 0 Å². The Bertz CT molecular complexity index is 895. The van der Waals surface area contributed by atoms with Gasteiger partial charge in [0.2, 0.25) is 11.5 Å². The summed E-state index contributed by atoms with van der Waals surface area (Å²) >= 11 is 0. The number of rotatable bonds is 8. The Labute approximate surface area is 183 Å². The Balaban J connectivity index is 1.37. The highest BCUT2D eigenvalue weighted by atomic mass is 16.2. The number of aliphatic imine (C=N–C) groups is 1. The van der Waals surface area contributed by atoms with Gasteiger partial charge in [-0.1, -0.05) is 0 Å². The summed E-state index contributed by atoms with van der Waals surface area (Å²) in [4.78, 5) is 28.6. The predicted octanol–water partition coefficient (Wildman–Crippen LogP) is 2.07. The highest BCUT2D eigenvalue weighted by Crippen LogP contribution is 2.61. The number of nitrogens with zero attached hydrogens (tertiary/aromatic N) is 2. The molecular formula is C24H34N5O2+. The van der Waals surface area contributed by atoms with Crippen molar-refractivity contribution >= 4 is 17.6 Å². The molecule has 0 radical (unpaired) electrons. The van der Waals surface area contributed by atoms with E-state index in [4.69, 9.17) is 11.5 Å². The van der Waals surface area contributed by atoms with Crippen molar-refractivity contribution in [3.63, 3.8) is 0 Å². The first-order valence-corrected chi connectivity index (χ1v) is 11.7. The number of quaternary nitrogens is 1. The molecule has 2 aliphatic heterocycles. The van der Waals surface area contributed by atoms with Crippen molar-refractivity contribution in [1.82, 2.24) is 5.32 Å². The smallest absolute Gasteiger partial charge is 0.303 e. The van der Waals surface area contributed by atoms with E-state index in [0.717, 1.165) is 24.2 Å². The topological polar surface area (TPSA) is 111 Å². The molecule has 2 unspecified atom stereocenters. The quantitative estimate of drug-likeness (QED) is 0.519. The van der Waals surface area contributed by atoms with Gasteiger partial charge in [0.25, 0.3) is 5.91 Å². The first-order chi connectivity index (χ1) is 14.8. The summed E-state index contributed by atoms with van der Waals surface area (Å²) in [6, 6.07) is 0.163. The maximum Gasteiger partial charge on any atom is 0.303 e. The van der Waals surface area contributed by atoms with Gasteiger partial charge in [-0.15, -0.1) is 0 Å². The number of hydrogen-bond donors (Lipinski definition) is 3. The summed E-state index contributed by atoms with van der Waals surface area (Å²) in [5.74, 6) is 2.35. The molecule has 4 saturated carbocycles. The Morgan fingerprint density at radius 3 is 2.35 bits per heavy atom. The first-order valence-electron chi connectivity index (χ1n) is 11.7. The molecule has 166 valence electrons. The van der Waals surface area contributed by atoms with Gasteiger partial charge in [0.15, 0.2) is 5.70 Å². The number of carbonyl (C=O) groups is 2. The number of nitrogens with two attached hydrogens (primary N) is 2. The summed E-state index contributed by atoms with van der Waals surface area (Å²) in [6.07, 6.45) is 17.8. The van der Waals surface area contributed by atoms with E-state index >= 15 is 0 Å². The van der Waals surface area contributed by atoms with E-state index in [1.54, 1.807) is 18.4 Å². The SMILES string of the molecule is CNC(CCC12CC3CC(CC(C3)C1)C2)C[N+]12C=C(C(N)=O)N=C1C=CC=C2C(N)=O. The van der Waals surface area contributed by atoms with Crippen LogP contribution in [0.5, 0.6) is 0 Å². The molecule has 6 aliphatic rings. The van der Waals surface area contributed by atoms with Crippen LogP contribution in [0.3, 0.4) is 0 Å². The van der Waals surface area contributed by atoms with Crippen LogP contribution in [0.25, 0.3) is 0 Å². The summed E-state index contributed by atoms with van der Waals surface area (Å²) in [7, 11) is 1.97. The van der Waals surface area contributed by atoms with Crippen LogP contribution in [-0.2, 0) is 9.59 Å². The highest BCUT2D eigenvalue weighted by molar-refractivity contribution is 6.04. The molecule has 4 bridgehead atoms. The van der Waals surface area contributed by atoms with E-state index in [1.807, 2.05) is 13.1 Å². The third-order valence-corrected chi connectivity index (χ3v) is 8.53. The number of allylic oxidation sites excluding steroid dienone is 2. The molecule has 5 N–H and O–H groups in total. The molecule has 7 heteroatoms. The lowest BCUT2D eigenvalue weighted by Gasteiger charge is -2.57. The molecule has 2 atom stereocenters. The summed E-state index contributed by atoms with van der Waals surface area (Å²) < 4.78 is 0.0660. The molecule has 4 aliphatic carbocycles. The lowest BCUT2D eigenvalue weighted by Crippen LogP contribution is -2.55. The fourth-order valence-corrected chi connectivity index (χ4v) is 7.63. The number of primary amides is 2. The molecule has 31 heavy (non-hydrogen) atoms. The average molecular weight is 425 g/mol. The Hall–Kier alpha value is -2.25. The van der Waals surface area contributed by atoms with Crippen molar-refractivity contribution in [2.24, 2.45) is 39.6 Å². The van der Waals surface area contributed by atoms with E-state index in [9.17, 15) is 9.59 Å². The van der Waals surface area contributed by atoms with Crippen LogP contribution >= 0.6 is 0 Å². The Morgan fingerprint density at radius 1 is 1.16 bits per heavy atom. The van der Waals surface area contributed by atoms with Crippen LogP contribution in [0.15, 0.2) is 40.8 Å². The molecule has 6 rings (SSSR count). The molecular weight excluding hydrogens is 390 g/mol. The Kier molecular flexibility index (Phi) is 4.94. The van der Waals surface area contributed by atoms with Crippen molar-refractivity contribution in [3.8, 4) is 0 Å². The van der Waals surface area contributed by atoms with Crippen LogP contribution in [0, 0.1) is 23.2 Å². The molecule has 0 aromatic carbocycles. The minimum atomic E-state index is -0.591. The molecule has 0 aromatic rings. The molecule has 0 aromatic heterocycles. The summed E-state index contributed by atoms with van der Waals surface area (Å²) in [5.41, 5.74) is 12.4. The predicted molar refractivity (Wildman–Crippen MR) is 119 cm³/mol. The molecule has 7 nitrogen and oxygen atoms in total. The second-order valence-corrected chi connectivity index (χ2v) is 10.6. The number of carbonyl (C=O) groups excluding carboxylic acids is 2. The van der Waals surface area contributed by atoms with Gasteiger partial charge in [-0.3, -0.25) is 9.59 Å². The zero-order valence-corrected chi connectivity index (χ0v) is 18.3. The lowest BCUT2D eigenvalue weighted by molar-refractivity contribution is -0.741. The first kappa shape index (κ1) is 20.6. The minimum Gasteiger partial charge on any atom is -0.364 e. The maximum absolute atomic E-state index is 12.3. The molecule has 2 amide bonds. The van der Waals surface area contributed by atoms with Gasteiger partial charge in [-0.25, -0.2) is 4.48 Å². The van der Waals surface area contributed by atoms with E-state index in [2.05, 4.69) is 10.3 Å². The zero-order valence-electron chi connectivity index (χ0n) is 18.3. The largest absolute Gasteiger partial charge is 0.364 e. The van der Waals surface area contributed by atoms with Gasteiger partial charge < -0.3 is 16.8 Å². The van der Waals surface area contributed by atoms with Crippen molar-refractivity contribution in [2.75, 3.05) is 13.6 Å². The fraction of sp³-hybridized carbons (Fsp3) is 0.625. The molecule has 0 saturated heterocycles. The molecule has 0 spiro atoms. The monoisotopic (exact) mass is 424 g/mol. The van der Waals surface area contributed by atoms with Crippen LogP contribution in [0.2, 0.25) is 0 Å². The maximum atomic E-state index is 12.3. The van der Waals surface area contributed by atoms with E-state index in [-0.39, 0.29) is 16.2 Å². The lowest BCUT2D eigenvalue weighted by atomic mass is 9.48. The zero-order chi connectivity index (χ0) is 21.8. The van der Waals surface area contributed by atoms with Gasteiger partial charge in [0, 0.05) is 12.2 Å². The minimum absolute atomic E-state index is 0.0660. The van der Waals surface area contributed by atoms with E-state index in [0.29, 0.717) is 23.5 Å². The summed E-state index contributed by atoms with van der Waals surface area (Å²) in [6.45, 7) is 0.581. The number of likely N-dealkylation sites (N-methyl/N-ethyl adjacent to an activating group) is 1. The van der Waals surface area contributed by atoms with Crippen LogP contribution in [0.1, 0.15) is 51.4 Å². The number of amides is 2. The van der Waals surface area contributed by atoms with Crippen LogP contribution < -0.4 is 16.8 Å². The van der Waals surface area contributed by atoms with Gasteiger partial charge in [-0.05, 0) is 87.7 Å². The van der Waals surface area contributed by atoms with Gasteiger partial charge >= 0.3 is 5.91 Å². The highest BCUT2D eigenvalue weighted by Gasteiger charge is 2.51. The van der Waals surface area contributed by atoms with Gasteiger partial charge in [0.05, 0.1) is 6.04 Å². The number of hydrogen-bond acceptors (Lipinski definition) is 4. The van der Waals surface area contributed by atoms with Crippen molar-refractivity contribution in [3.05, 3.63) is 35.8 Å². The van der Waals surface area contributed by atoms with Gasteiger partial charge in [-0.2, -0.15) is 4.99 Å². The number of amidine groups is 1.